The van der Waals surface area contributed by atoms with Crippen LogP contribution in [0.15, 0.2) is 70.4 Å². The van der Waals surface area contributed by atoms with E-state index in [-0.39, 0.29) is 11.2 Å². The molecule has 0 radical (unpaired) electrons. The van der Waals surface area contributed by atoms with E-state index in [0.717, 1.165) is 12.1 Å². The van der Waals surface area contributed by atoms with Gasteiger partial charge in [-0.25, -0.2) is 22.2 Å². The van der Waals surface area contributed by atoms with Crippen molar-refractivity contribution in [3.05, 3.63) is 94.0 Å². The van der Waals surface area contributed by atoms with E-state index in [2.05, 4.69) is 9.71 Å². The summed E-state index contributed by atoms with van der Waals surface area (Å²) in [5.74, 6) is -1.46. The van der Waals surface area contributed by atoms with Gasteiger partial charge in [0.2, 0.25) is 0 Å². The number of benzene rings is 3. The van der Waals surface area contributed by atoms with Crippen molar-refractivity contribution >= 4 is 26.6 Å². The molecule has 0 fully saturated rings. The fourth-order valence-corrected chi connectivity index (χ4v) is 4.55. The second kappa shape index (κ2) is 7.59. The van der Waals surface area contributed by atoms with Gasteiger partial charge in [-0.15, -0.1) is 0 Å². The van der Waals surface area contributed by atoms with Crippen LogP contribution in [0.2, 0.25) is 0 Å². The molecule has 0 aliphatic carbocycles. The van der Waals surface area contributed by atoms with E-state index in [9.17, 15) is 22.0 Å². The Hall–Kier alpha value is -3.59. The van der Waals surface area contributed by atoms with Crippen LogP contribution in [0.5, 0.6) is 0 Å². The summed E-state index contributed by atoms with van der Waals surface area (Å²) >= 11 is 0. The highest BCUT2D eigenvalue weighted by atomic mass is 32.2. The fraction of sp³-hybridized carbons (Fsp3) is 0.0909. The maximum atomic E-state index is 13.9. The second-order valence-corrected chi connectivity index (χ2v) is 8.65. The van der Waals surface area contributed by atoms with Crippen molar-refractivity contribution in [1.82, 2.24) is 9.55 Å². The Kier molecular flexibility index (Phi) is 5.06. The molecule has 0 saturated heterocycles. The number of fused-ring (bicyclic) bond motifs is 1. The molecule has 1 aromatic heterocycles. The third-order valence-corrected chi connectivity index (χ3v) is 6.22. The quantitative estimate of drug-likeness (QED) is 0.518. The molecule has 0 saturated carbocycles. The molecule has 6 nitrogen and oxygen atoms in total. The van der Waals surface area contributed by atoms with E-state index in [4.69, 9.17) is 0 Å². The van der Waals surface area contributed by atoms with Gasteiger partial charge in [0.25, 0.3) is 15.6 Å². The van der Waals surface area contributed by atoms with E-state index in [1.54, 1.807) is 50.2 Å². The summed E-state index contributed by atoms with van der Waals surface area (Å²) in [6, 6.07) is 13.8. The smallest absolute Gasteiger partial charge is 0.265 e. The highest BCUT2D eigenvalue weighted by molar-refractivity contribution is 7.92. The summed E-state index contributed by atoms with van der Waals surface area (Å²) in [6.45, 7) is 3.34. The molecule has 0 bridgehead atoms. The molecule has 3 aromatic carbocycles. The Bertz CT molecular complexity index is 1500. The third-order valence-electron chi connectivity index (χ3n) is 4.84. The predicted octanol–water partition coefficient (Wildman–Crippen LogP) is 4.08. The van der Waals surface area contributed by atoms with Crippen molar-refractivity contribution in [2.45, 2.75) is 18.7 Å². The summed E-state index contributed by atoms with van der Waals surface area (Å²) in [6.07, 6.45) is 0. The van der Waals surface area contributed by atoms with Gasteiger partial charge < -0.3 is 0 Å². The van der Waals surface area contributed by atoms with Crippen molar-refractivity contribution in [1.29, 1.82) is 0 Å². The van der Waals surface area contributed by atoms with E-state index in [0.29, 0.717) is 34.0 Å². The summed E-state index contributed by atoms with van der Waals surface area (Å²) in [5.41, 5.74) is 1.49. The Morgan fingerprint density at radius 2 is 1.71 bits per heavy atom. The zero-order chi connectivity index (χ0) is 22.3. The van der Waals surface area contributed by atoms with Crippen LogP contribution in [-0.2, 0) is 10.0 Å². The van der Waals surface area contributed by atoms with Crippen molar-refractivity contribution in [2.75, 3.05) is 4.72 Å². The molecule has 0 aliphatic heterocycles. The van der Waals surface area contributed by atoms with Crippen molar-refractivity contribution < 1.29 is 17.2 Å². The number of nitrogens with one attached hydrogen (secondary N) is 1. The molecule has 0 amide bonds. The maximum absolute atomic E-state index is 13.9. The number of hydrogen-bond donors (Lipinski definition) is 1. The first-order valence-electron chi connectivity index (χ1n) is 9.25. The molecule has 0 spiro atoms. The summed E-state index contributed by atoms with van der Waals surface area (Å²) in [4.78, 5) is 16.6. The summed E-state index contributed by atoms with van der Waals surface area (Å²) < 4.78 is 56.2. The molecule has 1 N–H and O–H groups in total. The van der Waals surface area contributed by atoms with Gasteiger partial charge in [0.1, 0.15) is 22.4 Å². The molecule has 158 valence electrons. The largest absolute Gasteiger partial charge is 0.279 e. The third kappa shape index (κ3) is 3.79. The molecule has 31 heavy (non-hydrogen) atoms. The van der Waals surface area contributed by atoms with Crippen molar-refractivity contribution in [3.63, 3.8) is 0 Å². The first kappa shape index (κ1) is 20.7. The van der Waals surface area contributed by atoms with Gasteiger partial charge in [-0.3, -0.25) is 14.1 Å². The van der Waals surface area contributed by atoms with Gasteiger partial charge in [-0.05, 0) is 67.9 Å². The van der Waals surface area contributed by atoms with Gasteiger partial charge >= 0.3 is 0 Å². The molecule has 4 aromatic rings. The Morgan fingerprint density at radius 1 is 0.968 bits per heavy atom. The Labute approximate surface area is 176 Å². The number of rotatable bonds is 4. The summed E-state index contributed by atoms with van der Waals surface area (Å²) in [7, 11) is -4.36. The minimum absolute atomic E-state index is 0.173. The number of sulfonamides is 1. The van der Waals surface area contributed by atoms with Crippen LogP contribution in [0.3, 0.4) is 0 Å². The van der Waals surface area contributed by atoms with E-state index in [1.165, 1.54) is 10.6 Å². The molecule has 9 heteroatoms. The van der Waals surface area contributed by atoms with Crippen LogP contribution in [0.1, 0.15) is 11.4 Å². The fourth-order valence-electron chi connectivity index (χ4n) is 3.33. The second-order valence-electron chi connectivity index (χ2n) is 7.00. The van der Waals surface area contributed by atoms with Crippen LogP contribution in [0.25, 0.3) is 16.6 Å². The molecular weight excluding hydrogens is 424 g/mol. The van der Waals surface area contributed by atoms with Gasteiger partial charge in [0, 0.05) is 0 Å². The minimum Gasteiger partial charge on any atom is -0.279 e. The van der Waals surface area contributed by atoms with Gasteiger partial charge in [0.15, 0.2) is 0 Å². The topological polar surface area (TPSA) is 81.1 Å². The molecule has 0 aliphatic rings. The van der Waals surface area contributed by atoms with Crippen molar-refractivity contribution in [3.8, 4) is 5.69 Å². The zero-order valence-electron chi connectivity index (χ0n) is 16.6. The normalized spacial score (nSPS) is 11.6. The van der Waals surface area contributed by atoms with Crippen LogP contribution in [-0.4, -0.2) is 18.0 Å². The lowest BCUT2D eigenvalue weighted by Gasteiger charge is -2.15. The van der Waals surface area contributed by atoms with Crippen LogP contribution >= 0.6 is 0 Å². The van der Waals surface area contributed by atoms with Crippen molar-refractivity contribution in [2.24, 2.45) is 0 Å². The minimum atomic E-state index is -4.36. The monoisotopic (exact) mass is 441 g/mol. The van der Waals surface area contributed by atoms with E-state index in [1.807, 2.05) is 0 Å². The number of anilines is 1. The standard InChI is InChI=1S/C22H17F2N3O3S/c1-13-11-16(27-14(2)25-20-6-4-3-5-17(20)22(27)28)8-10-19(13)26-31(29,30)21-12-15(23)7-9-18(21)24/h3-12,26H,1-2H3. The molecule has 1 heterocycles. The van der Waals surface area contributed by atoms with E-state index >= 15 is 0 Å². The van der Waals surface area contributed by atoms with Gasteiger partial charge in [-0.1, -0.05) is 12.1 Å². The first-order chi connectivity index (χ1) is 14.7. The molecular formula is C22H17F2N3O3S. The SMILES string of the molecule is Cc1cc(-n2c(C)nc3ccccc3c2=O)ccc1NS(=O)(=O)c1cc(F)ccc1F. The highest BCUT2D eigenvalue weighted by Gasteiger charge is 2.21. The van der Waals surface area contributed by atoms with Crippen LogP contribution in [0.4, 0.5) is 14.5 Å². The number of para-hydroxylation sites is 1. The maximum Gasteiger partial charge on any atom is 0.265 e. The van der Waals surface area contributed by atoms with E-state index < -0.39 is 26.6 Å². The summed E-state index contributed by atoms with van der Waals surface area (Å²) in [5, 5.41) is 0.456. The zero-order valence-corrected chi connectivity index (χ0v) is 17.4. The Morgan fingerprint density at radius 3 is 2.45 bits per heavy atom. The molecule has 4 rings (SSSR count). The number of nitrogens with zero attached hydrogens (tertiary/aromatic N) is 2. The molecule has 0 atom stereocenters. The average Bonchev–Trinajstić information content (AvgIpc) is 2.71. The highest BCUT2D eigenvalue weighted by Crippen LogP contribution is 2.24. The lowest BCUT2D eigenvalue weighted by molar-refractivity contribution is 0.555. The lowest BCUT2D eigenvalue weighted by atomic mass is 10.1. The van der Waals surface area contributed by atoms with Crippen LogP contribution in [0, 0.1) is 25.5 Å². The number of aromatic nitrogens is 2. The number of aryl methyl sites for hydroxylation is 2. The van der Waals surface area contributed by atoms with Crippen LogP contribution < -0.4 is 10.3 Å². The molecule has 0 unspecified atom stereocenters. The van der Waals surface area contributed by atoms with Gasteiger partial charge in [-0.2, -0.15) is 0 Å². The van der Waals surface area contributed by atoms with Gasteiger partial charge in [0.05, 0.1) is 22.3 Å². The predicted molar refractivity (Wildman–Crippen MR) is 114 cm³/mol. The number of halogens is 2. The lowest BCUT2D eigenvalue weighted by Crippen LogP contribution is -2.22. The Balaban J connectivity index is 1.75. The number of hydrogen-bond acceptors (Lipinski definition) is 4. The first-order valence-corrected chi connectivity index (χ1v) is 10.7. The average molecular weight is 441 g/mol.